The topological polar surface area (TPSA) is 69.4 Å². The number of ether oxygens (including phenoxy) is 1. The van der Waals surface area contributed by atoms with Gasteiger partial charge < -0.3 is 4.74 Å². The van der Waals surface area contributed by atoms with Crippen molar-refractivity contribution in [3.63, 3.8) is 0 Å². The molecular weight excluding hydrogens is 222 g/mol. The van der Waals surface area contributed by atoms with Gasteiger partial charge in [0.2, 0.25) is 0 Å². The summed E-state index contributed by atoms with van der Waals surface area (Å²) in [4.78, 5) is 21.7. The van der Waals surface area contributed by atoms with Crippen LogP contribution in [0.4, 0.5) is 5.69 Å². The zero-order chi connectivity index (χ0) is 12.4. The monoisotopic (exact) mass is 231 g/mol. The number of carbonyl (C=O) groups excluding carboxylic acids is 1. The van der Waals surface area contributed by atoms with Crippen molar-refractivity contribution in [3.8, 4) is 0 Å². The van der Waals surface area contributed by atoms with Gasteiger partial charge in [-0.15, -0.1) is 0 Å². The van der Waals surface area contributed by atoms with Crippen LogP contribution in [0.3, 0.4) is 0 Å². The van der Waals surface area contributed by atoms with E-state index < -0.39 is 10.9 Å². The van der Waals surface area contributed by atoms with Gasteiger partial charge >= 0.3 is 5.97 Å². The van der Waals surface area contributed by atoms with E-state index in [1.807, 2.05) is 0 Å². The highest BCUT2D eigenvalue weighted by Gasteiger charge is 2.13. The van der Waals surface area contributed by atoms with Gasteiger partial charge in [-0.3, -0.25) is 10.1 Å². The largest absolute Gasteiger partial charge is 0.465 e. The predicted octanol–water partition coefficient (Wildman–Crippen LogP) is 2.53. The van der Waals surface area contributed by atoms with Crippen molar-refractivity contribution >= 4 is 22.4 Å². The lowest BCUT2D eigenvalue weighted by atomic mass is 10.0. The predicted molar refractivity (Wildman–Crippen MR) is 61.9 cm³/mol. The Morgan fingerprint density at radius 2 is 2.06 bits per heavy atom. The molecule has 0 aliphatic rings. The van der Waals surface area contributed by atoms with Gasteiger partial charge in [-0.1, -0.05) is 12.1 Å². The Hall–Kier alpha value is -2.43. The first-order valence-corrected chi connectivity index (χ1v) is 4.89. The molecule has 5 nitrogen and oxygen atoms in total. The fourth-order valence-electron chi connectivity index (χ4n) is 1.66. The van der Waals surface area contributed by atoms with E-state index in [4.69, 9.17) is 0 Å². The van der Waals surface area contributed by atoms with E-state index in [2.05, 4.69) is 4.74 Å². The molecule has 2 aromatic carbocycles. The molecule has 17 heavy (non-hydrogen) atoms. The van der Waals surface area contributed by atoms with Crippen molar-refractivity contribution < 1.29 is 14.5 Å². The van der Waals surface area contributed by atoms with Crippen LogP contribution >= 0.6 is 0 Å². The summed E-state index contributed by atoms with van der Waals surface area (Å²) in [6, 6.07) is 9.47. The van der Waals surface area contributed by atoms with Crippen LogP contribution < -0.4 is 0 Å². The van der Waals surface area contributed by atoms with Crippen molar-refractivity contribution in [2.75, 3.05) is 7.11 Å². The highest BCUT2D eigenvalue weighted by atomic mass is 16.6. The maximum Gasteiger partial charge on any atom is 0.338 e. The summed E-state index contributed by atoms with van der Waals surface area (Å²) in [5.41, 5.74) is 0.280. The Bertz CT molecular complexity index is 606. The van der Waals surface area contributed by atoms with E-state index in [1.165, 1.54) is 19.2 Å². The summed E-state index contributed by atoms with van der Waals surface area (Å²) in [5, 5.41) is 12.0. The zero-order valence-electron chi connectivity index (χ0n) is 9.04. The molecular formula is C12H9NO4. The number of benzene rings is 2. The van der Waals surface area contributed by atoms with Crippen LogP contribution in [-0.4, -0.2) is 18.0 Å². The summed E-state index contributed by atoms with van der Waals surface area (Å²) < 4.78 is 4.64. The molecule has 86 valence electrons. The SMILES string of the molecule is COC(=O)c1cccc2ccc([N+](=O)[O-])cc12. The molecule has 0 saturated carbocycles. The standard InChI is InChI=1S/C12H9NO4/c1-17-12(14)10-4-2-3-8-5-6-9(13(15)16)7-11(8)10/h2-7H,1H3. The fourth-order valence-corrected chi connectivity index (χ4v) is 1.66. The van der Waals surface area contributed by atoms with E-state index >= 15 is 0 Å². The van der Waals surface area contributed by atoms with Gasteiger partial charge in [0.05, 0.1) is 17.6 Å². The molecule has 0 radical (unpaired) electrons. The number of methoxy groups -OCH3 is 1. The molecule has 0 fully saturated rings. The first kappa shape index (κ1) is 11.1. The van der Waals surface area contributed by atoms with Gasteiger partial charge in [-0.25, -0.2) is 4.79 Å². The number of fused-ring (bicyclic) bond motifs is 1. The van der Waals surface area contributed by atoms with Crippen molar-refractivity contribution in [3.05, 3.63) is 52.1 Å². The summed E-state index contributed by atoms with van der Waals surface area (Å²) in [5.74, 6) is -0.504. The number of nitrogens with zero attached hydrogens (tertiary/aromatic N) is 1. The molecule has 0 heterocycles. The average Bonchev–Trinajstić information content (AvgIpc) is 2.36. The molecule has 2 rings (SSSR count). The molecule has 0 aromatic heterocycles. The number of nitro benzene ring substituents is 1. The van der Waals surface area contributed by atoms with Crippen LogP contribution in [0, 0.1) is 10.1 Å². The first-order valence-electron chi connectivity index (χ1n) is 4.89. The lowest BCUT2D eigenvalue weighted by Gasteiger charge is -2.04. The normalized spacial score (nSPS) is 10.2. The molecule has 0 spiro atoms. The van der Waals surface area contributed by atoms with Gasteiger partial charge in [0, 0.05) is 17.5 Å². The molecule has 0 atom stereocenters. The van der Waals surface area contributed by atoms with Crippen LogP contribution in [-0.2, 0) is 4.74 Å². The Morgan fingerprint density at radius 1 is 1.29 bits per heavy atom. The molecule has 5 heteroatoms. The van der Waals surface area contributed by atoms with Crippen molar-refractivity contribution in [2.24, 2.45) is 0 Å². The third-order valence-corrected chi connectivity index (χ3v) is 2.48. The molecule has 0 saturated heterocycles. The molecule has 0 amide bonds. The second-order valence-corrected chi connectivity index (χ2v) is 3.46. The maximum atomic E-state index is 11.5. The highest BCUT2D eigenvalue weighted by molar-refractivity contribution is 6.05. The van der Waals surface area contributed by atoms with E-state index in [0.29, 0.717) is 10.9 Å². The Morgan fingerprint density at radius 3 is 2.71 bits per heavy atom. The van der Waals surface area contributed by atoms with Gasteiger partial charge in [0.1, 0.15) is 0 Å². The molecule has 0 aliphatic carbocycles. The van der Waals surface area contributed by atoms with Crippen molar-refractivity contribution in [2.45, 2.75) is 0 Å². The van der Waals surface area contributed by atoms with Crippen LogP contribution in [0.2, 0.25) is 0 Å². The number of hydrogen-bond donors (Lipinski definition) is 0. The Balaban J connectivity index is 2.72. The number of esters is 1. The number of nitro groups is 1. The molecule has 0 N–H and O–H groups in total. The number of carbonyl (C=O) groups is 1. The van der Waals surface area contributed by atoms with Gasteiger partial charge in [0.25, 0.3) is 5.69 Å². The number of non-ortho nitro benzene ring substituents is 1. The summed E-state index contributed by atoms with van der Waals surface area (Å²) in [7, 11) is 1.28. The van der Waals surface area contributed by atoms with Crippen molar-refractivity contribution in [1.82, 2.24) is 0 Å². The first-order chi connectivity index (χ1) is 8.13. The zero-order valence-corrected chi connectivity index (χ0v) is 9.04. The minimum absolute atomic E-state index is 0.0474. The highest BCUT2D eigenvalue weighted by Crippen LogP contribution is 2.24. The Kier molecular flexibility index (Phi) is 2.74. The minimum Gasteiger partial charge on any atom is -0.465 e. The van der Waals surface area contributed by atoms with E-state index in [0.717, 1.165) is 5.39 Å². The van der Waals surface area contributed by atoms with E-state index in [9.17, 15) is 14.9 Å². The maximum absolute atomic E-state index is 11.5. The van der Waals surface area contributed by atoms with Crippen molar-refractivity contribution in [1.29, 1.82) is 0 Å². The molecule has 0 bridgehead atoms. The third kappa shape index (κ3) is 1.94. The summed E-state index contributed by atoms with van der Waals surface area (Å²) >= 11 is 0. The minimum atomic E-state index is -0.504. The molecule has 0 aliphatic heterocycles. The second-order valence-electron chi connectivity index (χ2n) is 3.46. The number of hydrogen-bond acceptors (Lipinski definition) is 4. The molecule has 0 unspecified atom stereocenters. The van der Waals surface area contributed by atoms with Gasteiger partial charge in [0.15, 0.2) is 0 Å². The lowest BCUT2D eigenvalue weighted by molar-refractivity contribution is -0.384. The number of rotatable bonds is 2. The van der Waals surface area contributed by atoms with Crippen LogP contribution in [0.5, 0.6) is 0 Å². The van der Waals surface area contributed by atoms with Gasteiger partial charge in [-0.2, -0.15) is 0 Å². The smallest absolute Gasteiger partial charge is 0.338 e. The quantitative estimate of drug-likeness (QED) is 0.452. The van der Waals surface area contributed by atoms with Gasteiger partial charge in [-0.05, 0) is 17.5 Å². The average molecular weight is 231 g/mol. The van der Waals surface area contributed by atoms with E-state index in [1.54, 1.807) is 24.3 Å². The van der Waals surface area contributed by atoms with Crippen LogP contribution in [0.25, 0.3) is 10.8 Å². The second kappa shape index (κ2) is 4.21. The summed E-state index contributed by atoms with van der Waals surface area (Å²) in [6.07, 6.45) is 0. The fraction of sp³-hybridized carbons (Fsp3) is 0.0833. The Labute approximate surface area is 96.8 Å². The third-order valence-electron chi connectivity index (χ3n) is 2.48. The van der Waals surface area contributed by atoms with Crippen LogP contribution in [0.1, 0.15) is 10.4 Å². The lowest BCUT2D eigenvalue weighted by Crippen LogP contribution is -2.02. The molecule has 2 aromatic rings. The summed E-state index contributed by atoms with van der Waals surface area (Å²) in [6.45, 7) is 0. The van der Waals surface area contributed by atoms with Crippen LogP contribution in [0.15, 0.2) is 36.4 Å². The van der Waals surface area contributed by atoms with E-state index in [-0.39, 0.29) is 5.69 Å².